The van der Waals surface area contributed by atoms with Gasteiger partial charge in [0.25, 0.3) is 5.56 Å². The predicted molar refractivity (Wildman–Crippen MR) is 106 cm³/mol. The van der Waals surface area contributed by atoms with Crippen molar-refractivity contribution in [2.45, 2.75) is 13.0 Å². The largest absolute Gasteiger partial charge is 0.493 e. The van der Waals surface area contributed by atoms with E-state index in [-0.39, 0.29) is 11.2 Å². The van der Waals surface area contributed by atoms with Crippen LogP contribution in [0.5, 0.6) is 11.5 Å². The fourth-order valence-corrected chi connectivity index (χ4v) is 3.72. The van der Waals surface area contributed by atoms with Crippen LogP contribution in [0.25, 0.3) is 11.2 Å². The Bertz CT molecular complexity index is 1170. The van der Waals surface area contributed by atoms with E-state index >= 15 is 0 Å². The van der Waals surface area contributed by atoms with Gasteiger partial charge in [0.1, 0.15) is 0 Å². The highest BCUT2D eigenvalue weighted by atomic mass is 16.5. The highest BCUT2D eigenvalue weighted by molar-refractivity contribution is 5.75. The lowest BCUT2D eigenvalue weighted by atomic mass is 10.1. The molecule has 0 aliphatic carbocycles. The van der Waals surface area contributed by atoms with Gasteiger partial charge in [-0.2, -0.15) is 4.98 Å². The van der Waals surface area contributed by atoms with Crippen LogP contribution in [0, 0.1) is 0 Å². The number of benzene rings is 1. The third-order valence-electron chi connectivity index (χ3n) is 5.32. The van der Waals surface area contributed by atoms with E-state index in [9.17, 15) is 9.59 Å². The maximum atomic E-state index is 12.6. The van der Waals surface area contributed by atoms with E-state index in [0.29, 0.717) is 29.2 Å². The quantitative estimate of drug-likeness (QED) is 0.637. The average Bonchev–Trinajstić information content (AvgIpc) is 3.28. The molecule has 9 nitrogen and oxygen atoms in total. The standard InChI is InChI=1S/C19H23N5O4/c1-21-16-15(17(25)22(2)19(21)26)24-10-9-23(18(24)20-16)8-7-12-5-6-13(27-3)14(11-12)28-4/h5-6,11H,7-10H2,1-4H3. The number of fused-ring (bicyclic) bond motifs is 3. The van der Waals surface area contributed by atoms with Crippen LogP contribution in [-0.4, -0.2) is 46.0 Å². The number of nitrogens with zero attached hydrogens (tertiary/aromatic N) is 5. The molecule has 0 bridgehead atoms. The molecule has 1 aliphatic rings. The second-order valence-electron chi connectivity index (χ2n) is 6.87. The minimum atomic E-state index is -0.369. The highest BCUT2D eigenvalue weighted by Gasteiger charge is 2.27. The molecule has 3 heterocycles. The molecule has 4 rings (SSSR count). The van der Waals surface area contributed by atoms with Gasteiger partial charge in [-0.05, 0) is 24.1 Å². The average molecular weight is 385 g/mol. The Morgan fingerprint density at radius 2 is 1.79 bits per heavy atom. The normalized spacial score (nSPS) is 13.2. The molecular formula is C19H23N5O4. The van der Waals surface area contributed by atoms with Crippen LogP contribution < -0.4 is 25.6 Å². The number of ether oxygens (including phenoxy) is 2. The Labute approximate surface area is 161 Å². The molecular weight excluding hydrogens is 362 g/mol. The van der Waals surface area contributed by atoms with Crippen LogP contribution in [0.3, 0.4) is 0 Å². The van der Waals surface area contributed by atoms with Gasteiger partial charge in [-0.15, -0.1) is 0 Å². The summed E-state index contributed by atoms with van der Waals surface area (Å²) in [6, 6.07) is 5.88. The maximum Gasteiger partial charge on any atom is 0.332 e. The van der Waals surface area contributed by atoms with Gasteiger partial charge < -0.3 is 18.9 Å². The fourth-order valence-electron chi connectivity index (χ4n) is 3.72. The zero-order valence-electron chi connectivity index (χ0n) is 16.4. The number of methoxy groups -OCH3 is 2. The molecule has 0 saturated heterocycles. The first-order valence-corrected chi connectivity index (χ1v) is 9.08. The lowest BCUT2D eigenvalue weighted by molar-refractivity contribution is 0.354. The van der Waals surface area contributed by atoms with E-state index in [0.717, 1.165) is 35.6 Å². The van der Waals surface area contributed by atoms with Crippen molar-refractivity contribution in [3.8, 4) is 11.5 Å². The van der Waals surface area contributed by atoms with E-state index in [1.807, 2.05) is 22.8 Å². The Morgan fingerprint density at radius 1 is 1.04 bits per heavy atom. The second-order valence-corrected chi connectivity index (χ2v) is 6.87. The monoisotopic (exact) mass is 385 g/mol. The van der Waals surface area contributed by atoms with Crippen LogP contribution in [-0.2, 0) is 27.1 Å². The summed E-state index contributed by atoms with van der Waals surface area (Å²) in [5.41, 5.74) is 1.35. The van der Waals surface area contributed by atoms with Crippen molar-refractivity contribution in [2.75, 3.05) is 32.2 Å². The molecule has 0 atom stereocenters. The van der Waals surface area contributed by atoms with Crippen molar-refractivity contribution in [1.82, 2.24) is 18.7 Å². The molecule has 0 amide bonds. The molecule has 3 aromatic rings. The minimum absolute atomic E-state index is 0.307. The summed E-state index contributed by atoms with van der Waals surface area (Å²) < 4.78 is 15.1. The molecule has 1 aromatic carbocycles. The van der Waals surface area contributed by atoms with Crippen LogP contribution in [0.1, 0.15) is 5.56 Å². The first-order chi connectivity index (χ1) is 13.5. The lowest BCUT2D eigenvalue weighted by Gasteiger charge is -2.16. The third-order valence-corrected chi connectivity index (χ3v) is 5.32. The molecule has 0 fully saturated rings. The zero-order chi connectivity index (χ0) is 20.0. The van der Waals surface area contributed by atoms with Crippen molar-refractivity contribution in [3.63, 3.8) is 0 Å². The van der Waals surface area contributed by atoms with Crippen LogP contribution in [0.4, 0.5) is 5.95 Å². The third kappa shape index (κ3) is 2.65. The molecule has 0 saturated carbocycles. The van der Waals surface area contributed by atoms with Gasteiger partial charge >= 0.3 is 5.69 Å². The number of imidazole rings is 1. The fraction of sp³-hybridized carbons (Fsp3) is 0.421. The Balaban J connectivity index is 1.64. The van der Waals surface area contributed by atoms with E-state index in [2.05, 4.69) is 9.88 Å². The summed E-state index contributed by atoms with van der Waals surface area (Å²) in [4.78, 5) is 31.5. The van der Waals surface area contributed by atoms with Gasteiger partial charge in [0, 0.05) is 33.7 Å². The molecule has 28 heavy (non-hydrogen) atoms. The van der Waals surface area contributed by atoms with Gasteiger partial charge in [0.2, 0.25) is 5.95 Å². The number of hydrogen-bond donors (Lipinski definition) is 0. The van der Waals surface area contributed by atoms with Crippen molar-refractivity contribution in [1.29, 1.82) is 0 Å². The Morgan fingerprint density at radius 3 is 2.50 bits per heavy atom. The van der Waals surface area contributed by atoms with Gasteiger partial charge in [-0.1, -0.05) is 6.07 Å². The molecule has 0 unspecified atom stereocenters. The smallest absolute Gasteiger partial charge is 0.332 e. The Hall–Kier alpha value is -3.23. The van der Waals surface area contributed by atoms with Crippen molar-refractivity contribution < 1.29 is 9.47 Å². The van der Waals surface area contributed by atoms with Crippen molar-refractivity contribution >= 4 is 17.1 Å². The molecule has 9 heteroatoms. The molecule has 1 aliphatic heterocycles. The number of anilines is 1. The van der Waals surface area contributed by atoms with Gasteiger partial charge in [0.05, 0.1) is 14.2 Å². The first-order valence-electron chi connectivity index (χ1n) is 9.08. The van der Waals surface area contributed by atoms with Crippen molar-refractivity contribution in [3.05, 3.63) is 44.6 Å². The molecule has 2 aromatic heterocycles. The van der Waals surface area contributed by atoms with Gasteiger partial charge in [-0.3, -0.25) is 13.9 Å². The number of aromatic nitrogens is 4. The second kappa shape index (κ2) is 6.74. The van der Waals surface area contributed by atoms with Crippen LogP contribution in [0.15, 0.2) is 27.8 Å². The topological polar surface area (TPSA) is 83.5 Å². The van der Waals surface area contributed by atoms with Gasteiger partial charge in [0.15, 0.2) is 22.7 Å². The van der Waals surface area contributed by atoms with Crippen molar-refractivity contribution in [2.24, 2.45) is 14.1 Å². The number of rotatable bonds is 5. The summed E-state index contributed by atoms with van der Waals surface area (Å²) in [5.74, 6) is 2.13. The lowest BCUT2D eigenvalue weighted by Crippen LogP contribution is -2.37. The first kappa shape index (κ1) is 18.1. The SMILES string of the molecule is COc1ccc(CCN2CCn3c2nc2c3c(=O)n(C)c(=O)n2C)cc1OC. The predicted octanol–water partition coefficient (Wildman–Crippen LogP) is 0.514. The Kier molecular flexibility index (Phi) is 4.37. The van der Waals surface area contributed by atoms with E-state index < -0.39 is 0 Å². The highest BCUT2D eigenvalue weighted by Crippen LogP contribution is 2.29. The number of hydrogen-bond acceptors (Lipinski definition) is 6. The molecule has 148 valence electrons. The minimum Gasteiger partial charge on any atom is -0.493 e. The van der Waals surface area contributed by atoms with E-state index in [1.54, 1.807) is 21.3 Å². The maximum absolute atomic E-state index is 12.6. The summed E-state index contributed by atoms with van der Waals surface area (Å²) >= 11 is 0. The van der Waals surface area contributed by atoms with Crippen LogP contribution >= 0.6 is 0 Å². The summed E-state index contributed by atoms with van der Waals surface area (Å²) in [7, 11) is 6.37. The molecule has 0 N–H and O–H groups in total. The molecule has 0 radical (unpaired) electrons. The van der Waals surface area contributed by atoms with E-state index in [4.69, 9.17) is 9.47 Å². The summed E-state index contributed by atoms with van der Waals surface area (Å²) in [5, 5.41) is 0. The molecule has 0 spiro atoms. The number of aryl methyl sites for hydroxylation is 1. The van der Waals surface area contributed by atoms with E-state index in [1.165, 1.54) is 11.6 Å². The van der Waals surface area contributed by atoms with Crippen LogP contribution in [0.2, 0.25) is 0 Å². The van der Waals surface area contributed by atoms with Gasteiger partial charge in [-0.25, -0.2) is 4.79 Å². The summed E-state index contributed by atoms with van der Waals surface area (Å²) in [6.07, 6.45) is 0.792. The summed E-state index contributed by atoms with van der Waals surface area (Å²) in [6.45, 7) is 2.19. The zero-order valence-corrected chi connectivity index (χ0v) is 16.4.